The van der Waals surface area contributed by atoms with Gasteiger partial charge in [0, 0.05) is 23.7 Å². The summed E-state index contributed by atoms with van der Waals surface area (Å²) < 4.78 is 5.38. The third-order valence-electron chi connectivity index (χ3n) is 4.88. The summed E-state index contributed by atoms with van der Waals surface area (Å²) in [5, 5.41) is 12.2. The zero-order valence-electron chi connectivity index (χ0n) is 16.0. The quantitative estimate of drug-likeness (QED) is 0.818. The zero-order chi connectivity index (χ0) is 20.3. The predicted octanol–water partition coefficient (Wildman–Crippen LogP) is 3.73. The summed E-state index contributed by atoms with van der Waals surface area (Å²) in [7, 11) is 0. The van der Waals surface area contributed by atoms with E-state index in [1.165, 1.54) is 11.2 Å². The number of hydrogen-bond donors (Lipinski definition) is 2. The SMILES string of the molecule is CC(C)c1occc1C(=O)Nc1cccc(C(=O)N2CCCCC2C(=O)O)c1. The first-order chi connectivity index (χ1) is 13.4. The molecule has 28 heavy (non-hydrogen) atoms. The highest BCUT2D eigenvalue weighted by Gasteiger charge is 2.32. The first kappa shape index (κ1) is 19.7. The number of carbonyl (C=O) groups excluding carboxylic acids is 2. The van der Waals surface area contributed by atoms with Gasteiger partial charge in [0.15, 0.2) is 0 Å². The minimum absolute atomic E-state index is 0.0655. The van der Waals surface area contributed by atoms with Gasteiger partial charge in [0.25, 0.3) is 11.8 Å². The van der Waals surface area contributed by atoms with E-state index < -0.39 is 12.0 Å². The van der Waals surface area contributed by atoms with Crippen LogP contribution in [0.4, 0.5) is 5.69 Å². The number of furan rings is 1. The van der Waals surface area contributed by atoms with Crippen molar-refractivity contribution in [3.8, 4) is 0 Å². The Bertz CT molecular complexity index is 886. The number of likely N-dealkylation sites (tertiary alicyclic amines) is 1. The number of piperidine rings is 1. The average Bonchev–Trinajstić information content (AvgIpc) is 3.18. The molecule has 1 aromatic heterocycles. The zero-order valence-corrected chi connectivity index (χ0v) is 16.0. The van der Waals surface area contributed by atoms with Crippen molar-refractivity contribution >= 4 is 23.5 Å². The third kappa shape index (κ3) is 4.08. The summed E-state index contributed by atoms with van der Waals surface area (Å²) in [4.78, 5) is 38.3. The highest BCUT2D eigenvalue weighted by Crippen LogP contribution is 2.24. The largest absolute Gasteiger partial charge is 0.480 e. The fourth-order valence-electron chi connectivity index (χ4n) is 3.48. The molecule has 1 aliphatic rings. The Balaban J connectivity index is 1.78. The summed E-state index contributed by atoms with van der Waals surface area (Å²) in [5.74, 6) is -0.977. The highest BCUT2D eigenvalue weighted by molar-refractivity contribution is 6.06. The van der Waals surface area contributed by atoms with Crippen LogP contribution in [0.15, 0.2) is 41.0 Å². The van der Waals surface area contributed by atoms with Crippen LogP contribution in [0, 0.1) is 0 Å². The number of carboxylic acid groups (broad SMARTS) is 1. The van der Waals surface area contributed by atoms with Gasteiger partial charge in [-0.15, -0.1) is 0 Å². The third-order valence-corrected chi connectivity index (χ3v) is 4.88. The molecule has 2 heterocycles. The first-order valence-electron chi connectivity index (χ1n) is 9.41. The number of carboxylic acids is 1. The van der Waals surface area contributed by atoms with Gasteiger partial charge in [0.05, 0.1) is 11.8 Å². The molecule has 1 unspecified atom stereocenters. The standard InChI is InChI=1S/C21H24N2O5/c1-13(2)18-16(9-11-28-18)19(24)22-15-7-5-6-14(12-15)20(25)23-10-4-3-8-17(23)21(26)27/h5-7,9,11-13,17H,3-4,8,10H2,1-2H3,(H,22,24)(H,26,27). The van der Waals surface area contributed by atoms with Crippen molar-refractivity contribution in [2.45, 2.75) is 45.1 Å². The van der Waals surface area contributed by atoms with Crippen LogP contribution in [-0.2, 0) is 4.79 Å². The summed E-state index contributed by atoms with van der Waals surface area (Å²) in [6.45, 7) is 4.29. The number of anilines is 1. The number of amides is 2. The molecule has 1 atom stereocenters. The van der Waals surface area contributed by atoms with E-state index in [4.69, 9.17) is 4.42 Å². The van der Waals surface area contributed by atoms with E-state index in [9.17, 15) is 19.5 Å². The molecule has 0 bridgehead atoms. The van der Waals surface area contributed by atoms with E-state index in [0.29, 0.717) is 35.5 Å². The molecule has 7 heteroatoms. The summed E-state index contributed by atoms with van der Waals surface area (Å²) >= 11 is 0. The Morgan fingerprint density at radius 3 is 2.71 bits per heavy atom. The number of aliphatic carboxylic acids is 1. The van der Waals surface area contributed by atoms with E-state index in [0.717, 1.165) is 12.8 Å². The number of nitrogens with one attached hydrogen (secondary N) is 1. The van der Waals surface area contributed by atoms with Crippen molar-refractivity contribution in [3.05, 3.63) is 53.5 Å². The molecule has 0 saturated carbocycles. The van der Waals surface area contributed by atoms with Crippen molar-refractivity contribution in [3.63, 3.8) is 0 Å². The van der Waals surface area contributed by atoms with Crippen molar-refractivity contribution in [1.29, 1.82) is 0 Å². The molecule has 2 aromatic rings. The second-order valence-corrected chi connectivity index (χ2v) is 7.24. The van der Waals surface area contributed by atoms with E-state index in [1.807, 2.05) is 13.8 Å². The molecule has 3 rings (SSSR count). The van der Waals surface area contributed by atoms with Crippen molar-refractivity contribution in [2.24, 2.45) is 0 Å². The van der Waals surface area contributed by atoms with Crippen LogP contribution in [0.3, 0.4) is 0 Å². The number of hydrogen-bond acceptors (Lipinski definition) is 4. The van der Waals surface area contributed by atoms with Crippen LogP contribution in [-0.4, -0.2) is 40.4 Å². The van der Waals surface area contributed by atoms with E-state index in [1.54, 1.807) is 30.3 Å². The van der Waals surface area contributed by atoms with Crippen LogP contribution < -0.4 is 5.32 Å². The smallest absolute Gasteiger partial charge is 0.326 e. The van der Waals surface area contributed by atoms with E-state index in [2.05, 4.69) is 5.32 Å². The molecule has 1 aromatic carbocycles. The number of rotatable bonds is 5. The van der Waals surface area contributed by atoms with Gasteiger partial charge in [0.2, 0.25) is 0 Å². The molecular formula is C21H24N2O5. The molecule has 0 aliphatic carbocycles. The average molecular weight is 384 g/mol. The summed E-state index contributed by atoms with van der Waals surface area (Å²) in [6, 6.07) is 7.37. The van der Waals surface area contributed by atoms with Gasteiger partial charge in [-0.3, -0.25) is 9.59 Å². The van der Waals surface area contributed by atoms with Crippen molar-refractivity contribution in [1.82, 2.24) is 4.90 Å². The van der Waals surface area contributed by atoms with E-state index in [-0.39, 0.29) is 17.7 Å². The van der Waals surface area contributed by atoms with Crippen LogP contribution >= 0.6 is 0 Å². The molecule has 7 nitrogen and oxygen atoms in total. The number of benzene rings is 1. The monoisotopic (exact) mass is 384 g/mol. The summed E-state index contributed by atoms with van der Waals surface area (Å²) in [6.07, 6.45) is 3.51. The van der Waals surface area contributed by atoms with Gasteiger partial charge >= 0.3 is 5.97 Å². The predicted molar refractivity (Wildman–Crippen MR) is 104 cm³/mol. The Kier molecular flexibility index (Phi) is 5.82. The van der Waals surface area contributed by atoms with Crippen molar-refractivity contribution in [2.75, 3.05) is 11.9 Å². The van der Waals surface area contributed by atoms with Crippen molar-refractivity contribution < 1.29 is 23.9 Å². The Morgan fingerprint density at radius 1 is 1.21 bits per heavy atom. The summed E-state index contributed by atoms with van der Waals surface area (Å²) in [5.41, 5.74) is 1.27. The van der Waals surface area contributed by atoms with Crippen LogP contribution in [0.1, 0.15) is 65.5 Å². The van der Waals surface area contributed by atoms with Crippen LogP contribution in [0.25, 0.3) is 0 Å². The second-order valence-electron chi connectivity index (χ2n) is 7.24. The lowest BCUT2D eigenvalue weighted by Gasteiger charge is -2.33. The number of carbonyl (C=O) groups is 3. The van der Waals surface area contributed by atoms with Gasteiger partial charge in [0.1, 0.15) is 11.8 Å². The fourth-order valence-corrected chi connectivity index (χ4v) is 3.48. The van der Waals surface area contributed by atoms with Gasteiger partial charge in [-0.05, 0) is 43.5 Å². The lowest BCUT2D eigenvalue weighted by molar-refractivity contribution is -0.143. The molecule has 1 fully saturated rings. The number of nitrogens with zero attached hydrogens (tertiary/aromatic N) is 1. The second kappa shape index (κ2) is 8.29. The Labute approximate surface area is 163 Å². The van der Waals surface area contributed by atoms with Gasteiger partial charge < -0.3 is 19.7 Å². The minimum Gasteiger partial charge on any atom is -0.480 e. The molecule has 0 radical (unpaired) electrons. The fraction of sp³-hybridized carbons (Fsp3) is 0.381. The highest BCUT2D eigenvalue weighted by atomic mass is 16.4. The maximum absolute atomic E-state index is 12.9. The molecule has 2 amide bonds. The van der Waals surface area contributed by atoms with Gasteiger partial charge in [-0.25, -0.2) is 4.79 Å². The molecule has 148 valence electrons. The van der Waals surface area contributed by atoms with Crippen LogP contribution in [0.2, 0.25) is 0 Å². The van der Waals surface area contributed by atoms with E-state index >= 15 is 0 Å². The Hall–Kier alpha value is -3.09. The Morgan fingerprint density at radius 2 is 2.00 bits per heavy atom. The molecule has 2 N–H and O–H groups in total. The van der Waals surface area contributed by atoms with Gasteiger partial charge in [-0.2, -0.15) is 0 Å². The molecule has 1 saturated heterocycles. The molecule has 0 spiro atoms. The maximum atomic E-state index is 12.9. The lowest BCUT2D eigenvalue weighted by atomic mass is 10.0. The topological polar surface area (TPSA) is 99.9 Å². The normalized spacial score (nSPS) is 16.8. The first-order valence-corrected chi connectivity index (χ1v) is 9.41. The molecule has 1 aliphatic heterocycles. The van der Waals surface area contributed by atoms with Crippen LogP contribution in [0.5, 0.6) is 0 Å². The minimum atomic E-state index is -0.987. The lowest BCUT2D eigenvalue weighted by Crippen LogP contribution is -2.48. The van der Waals surface area contributed by atoms with Gasteiger partial charge in [-0.1, -0.05) is 19.9 Å². The molecular weight excluding hydrogens is 360 g/mol. The maximum Gasteiger partial charge on any atom is 0.326 e.